The SMILES string of the molecule is O=C(c1cc(Cl)cc(Cl)c1)N1CCC(Nc2cc(-c3ccccc3Cl)nc3c(Br)cnn23)CC1. The molecule has 1 fully saturated rings. The largest absolute Gasteiger partial charge is 0.367 e. The number of nitrogens with zero attached hydrogens (tertiary/aromatic N) is 4. The molecule has 1 amide bonds. The van der Waals surface area contributed by atoms with E-state index in [0.717, 1.165) is 34.4 Å². The molecule has 34 heavy (non-hydrogen) atoms. The van der Waals surface area contributed by atoms with Crippen LogP contribution in [0.5, 0.6) is 0 Å². The Kier molecular flexibility index (Phi) is 6.71. The van der Waals surface area contributed by atoms with Gasteiger partial charge in [-0.15, -0.1) is 0 Å². The van der Waals surface area contributed by atoms with Crippen LogP contribution in [0.4, 0.5) is 5.82 Å². The van der Waals surface area contributed by atoms with Gasteiger partial charge in [0.25, 0.3) is 5.91 Å². The highest BCUT2D eigenvalue weighted by Gasteiger charge is 2.25. The summed E-state index contributed by atoms with van der Waals surface area (Å²) in [7, 11) is 0. The minimum absolute atomic E-state index is 0.0637. The fourth-order valence-electron chi connectivity index (χ4n) is 4.14. The molecule has 10 heteroatoms. The minimum atomic E-state index is -0.0637. The van der Waals surface area contributed by atoms with Crippen LogP contribution in [-0.2, 0) is 0 Å². The highest BCUT2D eigenvalue weighted by molar-refractivity contribution is 9.10. The number of carbonyl (C=O) groups is 1. The van der Waals surface area contributed by atoms with Gasteiger partial charge in [-0.25, -0.2) is 4.98 Å². The van der Waals surface area contributed by atoms with Crippen LogP contribution in [0, 0.1) is 0 Å². The molecule has 1 saturated heterocycles. The summed E-state index contributed by atoms with van der Waals surface area (Å²) in [5.74, 6) is 0.753. The molecule has 1 N–H and O–H groups in total. The number of aromatic nitrogens is 3. The molecule has 0 spiro atoms. The molecule has 0 atom stereocenters. The predicted octanol–water partition coefficient (Wildman–Crippen LogP) is 6.84. The molecule has 2 aromatic heterocycles. The van der Waals surface area contributed by atoms with Crippen molar-refractivity contribution in [3.8, 4) is 11.3 Å². The number of anilines is 1. The second kappa shape index (κ2) is 9.74. The molecular formula is C24H19BrCl3N5O. The van der Waals surface area contributed by atoms with E-state index in [2.05, 4.69) is 26.3 Å². The topological polar surface area (TPSA) is 62.5 Å². The van der Waals surface area contributed by atoms with E-state index in [9.17, 15) is 4.79 Å². The van der Waals surface area contributed by atoms with Crippen molar-refractivity contribution in [3.05, 3.63) is 79.8 Å². The van der Waals surface area contributed by atoms with Gasteiger partial charge in [0.15, 0.2) is 5.65 Å². The van der Waals surface area contributed by atoms with Crippen molar-refractivity contribution in [1.29, 1.82) is 0 Å². The van der Waals surface area contributed by atoms with E-state index in [1.165, 1.54) is 0 Å². The second-order valence-corrected chi connectivity index (χ2v) is 10.2. The zero-order valence-electron chi connectivity index (χ0n) is 17.8. The predicted molar refractivity (Wildman–Crippen MR) is 140 cm³/mol. The molecule has 2 aromatic carbocycles. The minimum Gasteiger partial charge on any atom is -0.367 e. The van der Waals surface area contributed by atoms with Crippen molar-refractivity contribution < 1.29 is 4.79 Å². The van der Waals surface area contributed by atoms with Gasteiger partial charge >= 0.3 is 0 Å². The van der Waals surface area contributed by atoms with Crippen molar-refractivity contribution in [2.45, 2.75) is 18.9 Å². The maximum Gasteiger partial charge on any atom is 0.253 e. The number of rotatable bonds is 4. The summed E-state index contributed by atoms with van der Waals surface area (Å²) in [6.45, 7) is 1.24. The van der Waals surface area contributed by atoms with Crippen LogP contribution in [0.2, 0.25) is 15.1 Å². The summed E-state index contributed by atoms with van der Waals surface area (Å²) in [6, 6.07) is 14.7. The monoisotopic (exact) mass is 577 g/mol. The first kappa shape index (κ1) is 23.4. The van der Waals surface area contributed by atoms with Crippen molar-refractivity contribution in [3.63, 3.8) is 0 Å². The lowest BCUT2D eigenvalue weighted by Crippen LogP contribution is -2.42. The summed E-state index contributed by atoms with van der Waals surface area (Å²) in [6.07, 6.45) is 3.29. The van der Waals surface area contributed by atoms with Gasteiger partial charge in [-0.1, -0.05) is 53.0 Å². The van der Waals surface area contributed by atoms with Gasteiger partial charge in [0.05, 0.1) is 16.4 Å². The summed E-state index contributed by atoms with van der Waals surface area (Å²) < 4.78 is 2.57. The first-order chi connectivity index (χ1) is 16.4. The van der Waals surface area contributed by atoms with Crippen molar-refractivity contribution in [2.24, 2.45) is 0 Å². The van der Waals surface area contributed by atoms with E-state index in [1.54, 1.807) is 28.9 Å². The first-order valence-corrected chi connectivity index (χ1v) is 12.6. The van der Waals surface area contributed by atoms with Gasteiger partial charge in [-0.05, 0) is 53.0 Å². The molecule has 174 valence electrons. The normalized spacial score (nSPS) is 14.5. The third kappa shape index (κ3) is 4.75. The molecule has 1 aliphatic rings. The fourth-order valence-corrected chi connectivity index (χ4v) is 5.25. The average molecular weight is 580 g/mol. The number of benzene rings is 2. The number of carbonyl (C=O) groups excluding carboxylic acids is 1. The lowest BCUT2D eigenvalue weighted by Gasteiger charge is -2.33. The quantitative estimate of drug-likeness (QED) is 0.288. The number of nitrogens with one attached hydrogen (secondary N) is 1. The van der Waals surface area contributed by atoms with Crippen LogP contribution < -0.4 is 5.32 Å². The summed E-state index contributed by atoms with van der Waals surface area (Å²) in [4.78, 5) is 19.5. The molecule has 6 nitrogen and oxygen atoms in total. The third-order valence-electron chi connectivity index (χ3n) is 5.82. The van der Waals surface area contributed by atoms with E-state index in [-0.39, 0.29) is 11.9 Å². The Balaban J connectivity index is 1.35. The van der Waals surface area contributed by atoms with Crippen LogP contribution in [0.3, 0.4) is 0 Å². The zero-order valence-corrected chi connectivity index (χ0v) is 21.7. The van der Waals surface area contributed by atoms with Crippen molar-refractivity contribution in [1.82, 2.24) is 19.5 Å². The van der Waals surface area contributed by atoms with E-state index in [4.69, 9.17) is 39.8 Å². The van der Waals surface area contributed by atoms with Crippen LogP contribution in [0.1, 0.15) is 23.2 Å². The van der Waals surface area contributed by atoms with Crippen molar-refractivity contribution in [2.75, 3.05) is 18.4 Å². The van der Waals surface area contributed by atoms with Crippen LogP contribution in [0.15, 0.2) is 59.2 Å². The second-order valence-electron chi connectivity index (χ2n) is 8.10. The molecule has 5 rings (SSSR count). The number of amides is 1. The lowest BCUT2D eigenvalue weighted by molar-refractivity contribution is 0.0718. The van der Waals surface area contributed by atoms with Gasteiger partial charge in [0.1, 0.15) is 5.82 Å². The molecule has 0 unspecified atom stereocenters. The molecule has 0 bridgehead atoms. The van der Waals surface area contributed by atoms with Crippen molar-refractivity contribution >= 4 is 68.1 Å². The van der Waals surface area contributed by atoms with Gasteiger partial charge in [-0.2, -0.15) is 9.61 Å². The summed E-state index contributed by atoms with van der Waals surface area (Å²) >= 11 is 22.1. The van der Waals surface area contributed by atoms with E-state index in [1.807, 2.05) is 35.2 Å². The van der Waals surface area contributed by atoms with Crippen LogP contribution >= 0.6 is 50.7 Å². The standard InChI is InChI=1S/C24H19BrCl3N5O/c25-19-13-29-33-22(12-21(31-23(19)33)18-3-1-2-4-20(18)28)30-17-5-7-32(8-6-17)24(34)14-9-15(26)11-16(27)10-14/h1-4,9-13,17,30H,5-8H2. The number of halogens is 4. The molecule has 4 aromatic rings. The van der Waals surface area contributed by atoms with Gasteiger partial charge in [-0.3, -0.25) is 4.79 Å². The number of piperidine rings is 1. The Hall–Kier alpha value is -2.32. The molecule has 0 aliphatic carbocycles. The van der Waals surface area contributed by atoms with E-state index >= 15 is 0 Å². The number of hydrogen-bond acceptors (Lipinski definition) is 4. The Morgan fingerprint density at radius 1 is 1.03 bits per heavy atom. The Labute approximate surface area is 220 Å². The van der Waals surface area contributed by atoms with Crippen LogP contribution in [-0.4, -0.2) is 44.5 Å². The fraction of sp³-hybridized carbons (Fsp3) is 0.208. The van der Waals surface area contributed by atoms with E-state index in [0.29, 0.717) is 39.4 Å². The molecule has 0 radical (unpaired) electrons. The first-order valence-electron chi connectivity index (χ1n) is 10.7. The highest BCUT2D eigenvalue weighted by Crippen LogP contribution is 2.31. The van der Waals surface area contributed by atoms with Gasteiger partial charge in [0.2, 0.25) is 0 Å². The Bertz CT molecular complexity index is 1360. The zero-order chi connectivity index (χ0) is 23.8. The van der Waals surface area contributed by atoms with Gasteiger partial charge < -0.3 is 10.2 Å². The molecular weight excluding hydrogens is 561 g/mol. The lowest BCUT2D eigenvalue weighted by atomic mass is 10.0. The number of hydrogen-bond donors (Lipinski definition) is 1. The third-order valence-corrected chi connectivity index (χ3v) is 7.15. The Morgan fingerprint density at radius 3 is 2.44 bits per heavy atom. The molecule has 3 heterocycles. The molecule has 0 saturated carbocycles. The summed E-state index contributed by atoms with van der Waals surface area (Å²) in [5, 5.41) is 9.60. The highest BCUT2D eigenvalue weighted by atomic mass is 79.9. The summed E-state index contributed by atoms with van der Waals surface area (Å²) in [5.41, 5.74) is 2.81. The smallest absolute Gasteiger partial charge is 0.253 e. The maximum atomic E-state index is 12.9. The number of fused-ring (bicyclic) bond motifs is 1. The molecule has 1 aliphatic heterocycles. The van der Waals surface area contributed by atoms with Gasteiger partial charge in [0, 0.05) is 51.4 Å². The Morgan fingerprint density at radius 2 is 1.74 bits per heavy atom. The van der Waals surface area contributed by atoms with E-state index < -0.39 is 0 Å². The number of likely N-dealkylation sites (tertiary alicyclic amines) is 1. The average Bonchev–Trinajstić information content (AvgIpc) is 3.20. The maximum absolute atomic E-state index is 12.9. The van der Waals surface area contributed by atoms with Crippen LogP contribution in [0.25, 0.3) is 16.9 Å².